The van der Waals surface area contributed by atoms with Gasteiger partial charge in [-0.2, -0.15) is 0 Å². The fourth-order valence-electron chi connectivity index (χ4n) is 2.92. The van der Waals surface area contributed by atoms with E-state index in [2.05, 4.69) is 15.0 Å². The number of carbonyl (C=O) groups excluding carboxylic acids is 2. The second-order valence-corrected chi connectivity index (χ2v) is 6.59. The molecule has 0 unspecified atom stereocenters. The number of nitrogens with zero attached hydrogens (tertiary/aromatic N) is 1. The average molecular weight is 410 g/mol. The van der Waals surface area contributed by atoms with Gasteiger partial charge >= 0.3 is 5.97 Å². The molecule has 0 saturated carbocycles. The van der Waals surface area contributed by atoms with Gasteiger partial charge in [0.2, 0.25) is 5.91 Å². The molecule has 0 fully saturated rings. The van der Waals surface area contributed by atoms with Crippen molar-refractivity contribution in [3.05, 3.63) is 72.3 Å². The zero-order chi connectivity index (χ0) is 21.5. The third-order valence-electron chi connectivity index (χ3n) is 4.41. The molecule has 3 aromatic rings. The fraction of sp³-hybridized carbons (Fsp3) is 0.174. The molecule has 154 valence electrons. The van der Waals surface area contributed by atoms with Crippen molar-refractivity contribution >= 4 is 17.6 Å². The molecule has 0 aliphatic rings. The number of hydrogen-bond donors (Lipinski definition) is 1. The van der Waals surface area contributed by atoms with Crippen LogP contribution in [0.4, 0.5) is 14.5 Å². The molecule has 30 heavy (non-hydrogen) atoms. The van der Waals surface area contributed by atoms with Crippen LogP contribution in [0.15, 0.2) is 60.7 Å². The number of benzene rings is 2. The molecule has 7 heteroatoms. The SMILES string of the molecule is COC(=O)CCCC(=O)Nc1cccc(-c2cccc(-c3ccc(F)cc3F)n2)c1. The van der Waals surface area contributed by atoms with Crippen LogP contribution in [-0.4, -0.2) is 24.0 Å². The van der Waals surface area contributed by atoms with Gasteiger partial charge in [0.25, 0.3) is 0 Å². The molecule has 0 saturated heterocycles. The molecule has 0 aliphatic carbocycles. The zero-order valence-corrected chi connectivity index (χ0v) is 16.3. The Kier molecular flexibility index (Phi) is 6.85. The molecular weight excluding hydrogens is 390 g/mol. The summed E-state index contributed by atoms with van der Waals surface area (Å²) in [6.45, 7) is 0. The van der Waals surface area contributed by atoms with Crippen LogP contribution in [0.3, 0.4) is 0 Å². The zero-order valence-electron chi connectivity index (χ0n) is 16.3. The Hall–Kier alpha value is -3.61. The number of amides is 1. The predicted molar refractivity (Wildman–Crippen MR) is 110 cm³/mol. The number of nitrogens with one attached hydrogen (secondary N) is 1. The summed E-state index contributed by atoms with van der Waals surface area (Å²) in [5.41, 5.74) is 2.47. The maximum absolute atomic E-state index is 14.1. The van der Waals surface area contributed by atoms with E-state index >= 15 is 0 Å². The molecule has 5 nitrogen and oxygen atoms in total. The summed E-state index contributed by atoms with van der Waals surface area (Å²) in [5, 5.41) is 2.78. The van der Waals surface area contributed by atoms with Gasteiger partial charge in [0.15, 0.2) is 0 Å². The minimum absolute atomic E-state index is 0.181. The number of ether oxygens (including phenoxy) is 1. The van der Waals surface area contributed by atoms with Gasteiger partial charge in [0.1, 0.15) is 11.6 Å². The largest absolute Gasteiger partial charge is 0.469 e. The number of halogens is 2. The van der Waals surface area contributed by atoms with E-state index in [0.717, 1.165) is 11.6 Å². The number of hydrogen-bond acceptors (Lipinski definition) is 4. The summed E-state index contributed by atoms with van der Waals surface area (Å²) in [6, 6.07) is 15.6. The van der Waals surface area contributed by atoms with Crippen LogP contribution in [0.5, 0.6) is 0 Å². The average Bonchev–Trinajstić information content (AvgIpc) is 2.74. The normalized spacial score (nSPS) is 10.5. The van der Waals surface area contributed by atoms with Crippen LogP contribution in [0.1, 0.15) is 19.3 Å². The first kappa shape index (κ1) is 21.1. The standard InChI is InChI=1S/C23H20F2N2O3/c1-30-23(29)10-4-9-22(28)26-17-6-2-5-15(13-17)20-7-3-8-21(27-20)18-12-11-16(24)14-19(18)25/h2-3,5-8,11-14H,4,9-10H2,1H3,(H,26,28). The van der Waals surface area contributed by atoms with Gasteiger partial charge in [0.05, 0.1) is 18.5 Å². The number of pyridine rings is 1. The van der Waals surface area contributed by atoms with E-state index in [4.69, 9.17) is 0 Å². The molecule has 0 spiro atoms. The third kappa shape index (κ3) is 5.47. The van der Waals surface area contributed by atoms with E-state index in [1.165, 1.54) is 19.2 Å². The van der Waals surface area contributed by atoms with Crippen molar-refractivity contribution < 1.29 is 23.1 Å². The van der Waals surface area contributed by atoms with Crippen LogP contribution >= 0.6 is 0 Å². The number of esters is 1. The Balaban J connectivity index is 1.74. The Bertz CT molecular complexity index is 1070. The molecule has 1 amide bonds. The van der Waals surface area contributed by atoms with Crippen LogP contribution in [0, 0.1) is 11.6 Å². The summed E-state index contributed by atoms with van der Waals surface area (Å²) in [6.07, 6.45) is 0.766. The molecule has 0 atom stereocenters. The van der Waals surface area contributed by atoms with Crippen LogP contribution in [-0.2, 0) is 14.3 Å². The number of methoxy groups -OCH3 is 1. The van der Waals surface area contributed by atoms with E-state index in [-0.39, 0.29) is 30.3 Å². The van der Waals surface area contributed by atoms with Crippen molar-refractivity contribution in [2.24, 2.45) is 0 Å². The van der Waals surface area contributed by atoms with Crippen molar-refractivity contribution in [3.8, 4) is 22.5 Å². The number of aromatic nitrogens is 1. The molecule has 0 bridgehead atoms. The first-order valence-corrected chi connectivity index (χ1v) is 9.36. The van der Waals surface area contributed by atoms with E-state index in [9.17, 15) is 18.4 Å². The Morgan fingerprint density at radius 2 is 1.73 bits per heavy atom. The lowest BCUT2D eigenvalue weighted by atomic mass is 10.1. The first-order chi connectivity index (χ1) is 14.5. The molecule has 1 aromatic heterocycles. The Morgan fingerprint density at radius 1 is 0.967 bits per heavy atom. The van der Waals surface area contributed by atoms with Crippen LogP contribution < -0.4 is 5.32 Å². The van der Waals surface area contributed by atoms with Crippen molar-refractivity contribution in [1.29, 1.82) is 0 Å². The highest BCUT2D eigenvalue weighted by atomic mass is 19.1. The quantitative estimate of drug-likeness (QED) is 0.558. The van der Waals surface area contributed by atoms with Gasteiger partial charge in [-0.15, -0.1) is 0 Å². The van der Waals surface area contributed by atoms with Crippen molar-refractivity contribution in [2.45, 2.75) is 19.3 Å². The summed E-state index contributed by atoms with van der Waals surface area (Å²) in [5.74, 6) is -1.91. The molecule has 1 heterocycles. The maximum atomic E-state index is 14.1. The lowest BCUT2D eigenvalue weighted by Gasteiger charge is -2.09. The van der Waals surface area contributed by atoms with E-state index < -0.39 is 11.6 Å². The molecule has 3 rings (SSSR count). The highest BCUT2D eigenvalue weighted by Crippen LogP contribution is 2.26. The van der Waals surface area contributed by atoms with E-state index in [1.54, 1.807) is 36.4 Å². The van der Waals surface area contributed by atoms with Crippen LogP contribution in [0.25, 0.3) is 22.5 Å². The van der Waals surface area contributed by atoms with Crippen molar-refractivity contribution in [3.63, 3.8) is 0 Å². The monoisotopic (exact) mass is 410 g/mol. The van der Waals surface area contributed by atoms with Crippen LogP contribution in [0.2, 0.25) is 0 Å². The van der Waals surface area contributed by atoms with Gasteiger partial charge in [-0.1, -0.05) is 18.2 Å². The molecule has 1 N–H and O–H groups in total. The second-order valence-electron chi connectivity index (χ2n) is 6.59. The minimum atomic E-state index is -0.687. The fourth-order valence-corrected chi connectivity index (χ4v) is 2.92. The first-order valence-electron chi connectivity index (χ1n) is 9.36. The van der Waals surface area contributed by atoms with E-state index in [1.807, 2.05) is 6.07 Å². The van der Waals surface area contributed by atoms with Gasteiger partial charge in [-0.05, 0) is 42.8 Å². The topological polar surface area (TPSA) is 68.3 Å². The second kappa shape index (κ2) is 9.73. The molecule has 2 aromatic carbocycles. The summed E-state index contributed by atoms with van der Waals surface area (Å²) in [7, 11) is 1.31. The van der Waals surface area contributed by atoms with Crippen molar-refractivity contribution in [1.82, 2.24) is 4.98 Å². The number of anilines is 1. The highest BCUT2D eigenvalue weighted by molar-refractivity contribution is 5.91. The lowest BCUT2D eigenvalue weighted by Crippen LogP contribution is -2.12. The minimum Gasteiger partial charge on any atom is -0.469 e. The lowest BCUT2D eigenvalue weighted by molar-refractivity contribution is -0.140. The molecule has 0 aliphatic heterocycles. The number of carbonyl (C=O) groups is 2. The van der Waals surface area contributed by atoms with Gasteiger partial charge < -0.3 is 10.1 Å². The van der Waals surface area contributed by atoms with Gasteiger partial charge in [0, 0.05) is 35.7 Å². The predicted octanol–water partition coefficient (Wildman–Crippen LogP) is 4.98. The summed E-state index contributed by atoms with van der Waals surface area (Å²) in [4.78, 5) is 27.7. The summed E-state index contributed by atoms with van der Waals surface area (Å²) >= 11 is 0. The molecular formula is C23H20F2N2O3. The summed E-state index contributed by atoms with van der Waals surface area (Å²) < 4.78 is 31.8. The Morgan fingerprint density at radius 3 is 2.50 bits per heavy atom. The smallest absolute Gasteiger partial charge is 0.305 e. The van der Waals surface area contributed by atoms with Gasteiger partial charge in [-0.25, -0.2) is 13.8 Å². The highest BCUT2D eigenvalue weighted by Gasteiger charge is 2.10. The van der Waals surface area contributed by atoms with Crippen molar-refractivity contribution in [2.75, 3.05) is 12.4 Å². The maximum Gasteiger partial charge on any atom is 0.305 e. The van der Waals surface area contributed by atoms with E-state index in [0.29, 0.717) is 23.5 Å². The molecule has 0 radical (unpaired) electrons. The Labute approximate surface area is 172 Å². The third-order valence-corrected chi connectivity index (χ3v) is 4.41. The number of rotatable bonds is 7. The van der Waals surface area contributed by atoms with Gasteiger partial charge in [-0.3, -0.25) is 9.59 Å².